The third-order valence-corrected chi connectivity index (χ3v) is 1.62. The fraction of sp³-hybridized carbons (Fsp3) is 0.556. The first-order valence-corrected chi connectivity index (χ1v) is 4.53. The second-order valence-electron chi connectivity index (χ2n) is 3.10. The zero-order valence-electron chi connectivity index (χ0n) is 8.61. The van der Waals surface area contributed by atoms with E-state index in [2.05, 4.69) is 4.99 Å². The minimum Gasteiger partial charge on any atom is -0.480 e. The minimum absolute atomic E-state index is 0.0213. The Bertz CT molecular complexity index is 273. The van der Waals surface area contributed by atoms with Crippen LogP contribution in [0.15, 0.2) is 16.9 Å². The zero-order chi connectivity index (χ0) is 11.8. The molecule has 5 nitrogen and oxygen atoms in total. The van der Waals surface area contributed by atoms with E-state index in [0.29, 0.717) is 5.84 Å². The van der Waals surface area contributed by atoms with Gasteiger partial charge in [0.25, 0.3) is 0 Å². The molecule has 0 amide bonds. The van der Waals surface area contributed by atoms with Crippen molar-refractivity contribution in [2.75, 3.05) is 6.54 Å². The van der Waals surface area contributed by atoms with E-state index >= 15 is 0 Å². The SMILES string of the molecule is CC(N)=NCCC(F)=CCC(N)C(=O)O. The smallest absolute Gasteiger partial charge is 0.320 e. The van der Waals surface area contributed by atoms with Crippen LogP contribution >= 0.6 is 0 Å². The van der Waals surface area contributed by atoms with Gasteiger partial charge in [-0.05, 0) is 13.3 Å². The quantitative estimate of drug-likeness (QED) is 0.443. The number of carboxylic acids is 1. The number of hydrogen-bond donors (Lipinski definition) is 3. The molecule has 0 aromatic rings. The van der Waals surface area contributed by atoms with Crippen molar-refractivity contribution in [3.63, 3.8) is 0 Å². The summed E-state index contributed by atoms with van der Waals surface area (Å²) >= 11 is 0. The number of aliphatic imine (C=N–C) groups is 1. The molecule has 0 saturated heterocycles. The normalized spacial score (nSPS) is 15.1. The van der Waals surface area contributed by atoms with Crippen LogP contribution in [-0.4, -0.2) is 29.5 Å². The number of rotatable bonds is 6. The molecule has 6 heteroatoms. The molecule has 0 aliphatic carbocycles. The molecule has 0 rings (SSSR count). The van der Waals surface area contributed by atoms with Gasteiger partial charge in [0.1, 0.15) is 6.04 Å². The van der Waals surface area contributed by atoms with E-state index < -0.39 is 17.8 Å². The lowest BCUT2D eigenvalue weighted by Crippen LogP contribution is -2.29. The number of halogens is 1. The van der Waals surface area contributed by atoms with Crippen LogP contribution in [0.3, 0.4) is 0 Å². The summed E-state index contributed by atoms with van der Waals surface area (Å²) in [5.74, 6) is -1.17. The molecule has 0 saturated carbocycles. The van der Waals surface area contributed by atoms with Crippen molar-refractivity contribution in [2.24, 2.45) is 16.5 Å². The topological polar surface area (TPSA) is 102 Å². The Kier molecular flexibility index (Phi) is 6.28. The van der Waals surface area contributed by atoms with Crippen molar-refractivity contribution in [1.29, 1.82) is 0 Å². The number of carbonyl (C=O) groups is 1. The van der Waals surface area contributed by atoms with E-state index in [1.807, 2.05) is 0 Å². The number of hydrogen-bond acceptors (Lipinski definition) is 3. The maximum absolute atomic E-state index is 13.0. The second-order valence-corrected chi connectivity index (χ2v) is 3.10. The third-order valence-electron chi connectivity index (χ3n) is 1.62. The van der Waals surface area contributed by atoms with Gasteiger partial charge in [0.05, 0.1) is 11.7 Å². The zero-order valence-corrected chi connectivity index (χ0v) is 8.61. The van der Waals surface area contributed by atoms with E-state index in [9.17, 15) is 9.18 Å². The largest absolute Gasteiger partial charge is 0.480 e. The summed E-state index contributed by atoms with van der Waals surface area (Å²) in [4.78, 5) is 14.1. The van der Waals surface area contributed by atoms with Crippen LogP contribution in [0.25, 0.3) is 0 Å². The molecule has 0 spiro atoms. The van der Waals surface area contributed by atoms with Gasteiger partial charge in [-0.15, -0.1) is 0 Å². The molecule has 1 atom stereocenters. The molecule has 5 N–H and O–H groups in total. The van der Waals surface area contributed by atoms with Gasteiger partial charge in [0.15, 0.2) is 0 Å². The summed E-state index contributed by atoms with van der Waals surface area (Å²) in [6.07, 6.45) is 1.26. The molecule has 86 valence electrons. The summed E-state index contributed by atoms with van der Waals surface area (Å²) in [5, 5.41) is 8.43. The summed E-state index contributed by atoms with van der Waals surface area (Å²) in [6, 6.07) is -1.06. The predicted octanol–water partition coefficient (Wildman–Crippen LogP) is 0.409. The van der Waals surface area contributed by atoms with Crippen LogP contribution in [0.4, 0.5) is 4.39 Å². The van der Waals surface area contributed by atoms with Gasteiger partial charge < -0.3 is 16.6 Å². The number of amidine groups is 1. The first kappa shape index (κ1) is 13.6. The van der Waals surface area contributed by atoms with Crippen LogP contribution in [0, 0.1) is 0 Å². The van der Waals surface area contributed by atoms with Crippen LogP contribution in [0.1, 0.15) is 19.8 Å². The van der Waals surface area contributed by atoms with Crippen LogP contribution in [0.5, 0.6) is 0 Å². The van der Waals surface area contributed by atoms with E-state index in [1.165, 1.54) is 6.08 Å². The average molecular weight is 217 g/mol. The highest BCUT2D eigenvalue weighted by Crippen LogP contribution is 2.05. The Balaban J connectivity index is 3.89. The average Bonchev–Trinajstić information content (AvgIpc) is 2.13. The third kappa shape index (κ3) is 7.63. The molecule has 0 aromatic heterocycles. The fourth-order valence-electron chi connectivity index (χ4n) is 0.797. The lowest BCUT2D eigenvalue weighted by molar-refractivity contribution is -0.138. The summed E-state index contributed by atoms with van der Waals surface area (Å²) < 4.78 is 13.0. The number of carboxylic acid groups (broad SMARTS) is 1. The van der Waals surface area contributed by atoms with E-state index in [-0.39, 0.29) is 19.4 Å². The fourth-order valence-corrected chi connectivity index (χ4v) is 0.797. The standard InChI is InChI=1S/C9H16FN3O2/c1-6(11)13-5-4-7(10)2-3-8(12)9(14)15/h2,8H,3-5,12H2,1H3,(H2,11,13)(H,14,15). The predicted molar refractivity (Wildman–Crippen MR) is 56.2 cm³/mol. The van der Waals surface area contributed by atoms with E-state index in [1.54, 1.807) is 6.92 Å². The van der Waals surface area contributed by atoms with Gasteiger partial charge >= 0.3 is 5.97 Å². The van der Waals surface area contributed by atoms with E-state index in [4.69, 9.17) is 16.6 Å². The lowest BCUT2D eigenvalue weighted by Gasteiger charge is -2.01. The highest BCUT2D eigenvalue weighted by molar-refractivity contribution is 5.77. The van der Waals surface area contributed by atoms with Crippen LogP contribution in [0.2, 0.25) is 0 Å². The molecule has 0 bridgehead atoms. The molecule has 0 heterocycles. The van der Waals surface area contributed by atoms with Crippen molar-refractivity contribution in [1.82, 2.24) is 0 Å². The number of nitrogens with two attached hydrogens (primary N) is 2. The van der Waals surface area contributed by atoms with Crippen molar-refractivity contribution >= 4 is 11.8 Å². The highest BCUT2D eigenvalue weighted by Gasteiger charge is 2.09. The van der Waals surface area contributed by atoms with Gasteiger partial charge in [-0.3, -0.25) is 9.79 Å². The first-order chi connectivity index (χ1) is 6.93. The molecule has 0 aliphatic heterocycles. The summed E-state index contributed by atoms with van der Waals surface area (Å²) in [7, 11) is 0. The minimum atomic E-state index is -1.14. The van der Waals surface area contributed by atoms with Gasteiger partial charge in [0.2, 0.25) is 0 Å². The number of nitrogens with zero attached hydrogens (tertiary/aromatic N) is 1. The molecule has 0 radical (unpaired) electrons. The van der Waals surface area contributed by atoms with Crippen molar-refractivity contribution in [2.45, 2.75) is 25.8 Å². The molecule has 1 unspecified atom stereocenters. The van der Waals surface area contributed by atoms with Crippen LogP contribution < -0.4 is 11.5 Å². The van der Waals surface area contributed by atoms with Crippen molar-refractivity contribution < 1.29 is 14.3 Å². The lowest BCUT2D eigenvalue weighted by atomic mass is 10.2. The van der Waals surface area contributed by atoms with Gasteiger partial charge in [-0.2, -0.15) is 0 Å². The first-order valence-electron chi connectivity index (χ1n) is 4.53. The highest BCUT2D eigenvalue weighted by atomic mass is 19.1. The maximum Gasteiger partial charge on any atom is 0.320 e. The second kappa shape index (κ2) is 6.94. The van der Waals surface area contributed by atoms with Gasteiger partial charge in [-0.25, -0.2) is 4.39 Å². The Hall–Kier alpha value is -1.43. The summed E-state index contributed by atoms with van der Waals surface area (Å²) in [5.41, 5.74) is 10.4. The summed E-state index contributed by atoms with van der Waals surface area (Å²) in [6.45, 7) is 1.87. The van der Waals surface area contributed by atoms with E-state index in [0.717, 1.165) is 0 Å². The van der Waals surface area contributed by atoms with Crippen molar-refractivity contribution in [3.05, 3.63) is 11.9 Å². The Morgan fingerprint density at radius 3 is 2.73 bits per heavy atom. The monoisotopic (exact) mass is 217 g/mol. The number of aliphatic carboxylic acids is 1. The Morgan fingerprint density at radius 2 is 2.27 bits per heavy atom. The van der Waals surface area contributed by atoms with Gasteiger partial charge in [-0.1, -0.05) is 6.08 Å². The Morgan fingerprint density at radius 1 is 1.67 bits per heavy atom. The molecule has 15 heavy (non-hydrogen) atoms. The maximum atomic E-state index is 13.0. The molecule has 0 aliphatic rings. The molecule has 0 fully saturated rings. The molecule has 0 aromatic carbocycles. The van der Waals surface area contributed by atoms with Crippen molar-refractivity contribution in [3.8, 4) is 0 Å². The Labute approximate surface area is 87.7 Å². The molecular formula is C9H16FN3O2. The van der Waals surface area contributed by atoms with Gasteiger partial charge in [0, 0.05) is 13.0 Å². The van der Waals surface area contributed by atoms with Crippen LogP contribution in [-0.2, 0) is 4.79 Å². The molecular weight excluding hydrogens is 201 g/mol.